The molecule has 0 aliphatic carbocycles. The van der Waals surface area contributed by atoms with Gasteiger partial charge in [0.2, 0.25) is 5.91 Å². The Morgan fingerprint density at radius 2 is 2.00 bits per heavy atom. The smallest absolute Gasteiger partial charge is 0.237 e. The van der Waals surface area contributed by atoms with Crippen LogP contribution in [0.4, 0.5) is 0 Å². The second kappa shape index (κ2) is 8.05. The Morgan fingerprint density at radius 3 is 2.79 bits per heavy atom. The fraction of sp³-hybridized carbons (Fsp3) is 0.588. The normalized spacial score (nSPS) is 18.9. The van der Waals surface area contributed by atoms with Crippen LogP contribution in [-0.2, 0) is 16.0 Å². The van der Waals surface area contributed by atoms with Crippen LogP contribution >= 0.6 is 11.6 Å². The standard InChI is InChI=1S/C17H23ClN2O4/c18-13-9-11(10-14-16(13)24-8-7-23-14)1-4-20-17(21)15(19)12-2-5-22-6-3-12/h9-10,12,15H,1-8,19H2,(H,20,21). The number of benzene rings is 1. The zero-order chi connectivity index (χ0) is 16.9. The Kier molecular flexibility index (Phi) is 5.81. The molecule has 1 amide bonds. The number of nitrogens with one attached hydrogen (secondary N) is 1. The third-order valence-corrected chi connectivity index (χ3v) is 4.73. The van der Waals surface area contributed by atoms with Crippen molar-refractivity contribution in [3.63, 3.8) is 0 Å². The number of hydrogen-bond acceptors (Lipinski definition) is 5. The summed E-state index contributed by atoms with van der Waals surface area (Å²) in [5.41, 5.74) is 7.05. The third kappa shape index (κ3) is 4.12. The quantitative estimate of drug-likeness (QED) is 0.837. The molecule has 3 rings (SSSR count). The van der Waals surface area contributed by atoms with Crippen molar-refractivity contribution in [1.82, 2.24) is 5.32 Å². The highest BCUT2D eigenvalue weighted by Gasteiger charge is 2.26. The van der Waals surface area contributed by atoms with Crippen molar-refractivity contribution in [2.45, 2.75) is 25.3 Å². The monoisotopic (exact) mass is 354 g/mol. The molecule has 24 heavy (non-hydrogen) atoms. The number of rotatable bonds is 5. The van der Waals surface area contributed by atoms with E-state index in [1.807, 2.05) is 12.1 Å². The first-order valence-electron chi connectivity index (χ1n) is 8.34. The van der Waals surface area contributed by atoms with E-state index in [0.29, 0.717) is 55.9 Å². The Bertz CT molecular complexity index is 590. The number of nitrogens with two attached hydrogens (primary N) is 1. The first-order chi connectivity index (χ1) is 11.6. The summed E-state index contributed by atoms with van der Waals surface area (Å²) in [6.45, 7) is 2.89. The summed E-state index contributed by atoms with van der Waals surface area (Å²) < 4.78 is 16.4. The lowest BCUT2D eigenvalue weighted by molar-refractivity contribution is -0.124. The number of hydrogen-bond donors (Lipinski definition) is 2. The van der Waals surface area contributed by atoms with Gasteiger partial charge in [-0.2, -0.15) is 0 Å². The van der Waals surface area contributed by atoms with Crippen LogP contribution < -0.4 is 20.5 Å². The molecule has 2 heterocycles. The third-order valence-electron chi connectivity index (χ3n) is 4.45. The molecule has 0 aromatic heterocycles. The van der Waals surface area contributed by atoms with Gasteiger partial charge in [-0.25, -0.2) is 0 Å². The van der Waals surface area contributed by atoms with Crippen LogP contribution in [0.15, 0.2) is 12.1 Å². The highest BCUT2D eigenvalue weighted by atomic mass is 35.5. The van der Waals surface area contributed by atoms with Gasteiger partial charge in [-0.1, -0.05) is 11.6 Å². The van der Waals surface area contributed by atoms with Crippen LogP contribution in [0, 0.1) is 5.92 Å². The second-order valence-corrected chi connectivity index (χ2v) is 6.53. The second-order valence-electron chi connectivity index (χ2n) is 6.12. The summed E-state index contributed by atoms with van der Waals surface area (Å²) in [5, 5.41) is 3.44. The largest absolute Gasteiger partial charge is 0.486 e. The van der Waals surface area contributed by atoms with Gasteiger partial charge in [0.25, 0.3) is 0 Å². The molecule has 7 heteroatoms. The van der Waals surface area contributed by atoms with E-state index in [-0.39, 0.29) is 11.8 Å². The summed E-state index contributed by atoms with van der Waals surface area (Å²) in [6, 6.07) is 3.28. The number of carbonyl (C=O) groups is 1. The van der Waals surface area contributed by atoms with Crippen LogP contribution in [0.2, 0.25) is 5.02 Å². The first kappa shape index (κ1) is 17.3. The minimum Gasteiger partial charge on any atom is -0.486 e. The van der Waals surface area contributed by atoms with Gasteiger partial charge in [0.1, 0.15) is 13.2 Å². The van der Waals surface area contributed by atoms with Gasteiger partial charge in [-0.05, 0) is 42.9 Å². The van der Waals surface area contributed by atoms with Crippen LogP contribution in [0.25, 0.3) is 0 Å². The molecule has 2 aliphatic rings. The Labute approximate surface area is 146 Å². The van der Waals surface area contributed by atoms with Crippen LogP contribution in [0.1, 0.15) is 18.4 Å². The molecule has 1 unspecified atom stereocenters. The van der Waals surface area contributed by atoms with E-state index >= 15 is 0 Å². The fourth-order valence-corrected chi connectivity index (χ4v) is 3.33. The molecule has 6 nitrogen and oxygen atoms in total. The lowest BCUT2D eigenvalue weighted by Gasteiger charge is -2.26. The molecule has 0 radical (unpaired) electrons. The van der Waals surface area contributed by atoms with E-state index in [2.05, 4.69) is 5.32 Å². The van der Waals surface area contributed by atoms with Crippen molar-refractivity contribution in [3.8, 4) is 11.5 Å². The first-order valence-corrected chi connectivity index (χ1v) is 8.72. The van der Waals surface area contributed by atoms with Crippen molar-refractivity contribution in [2.75, 3.05) is 33.0 Å². The molecular formula is C17H23ClN2O4. The van der Waals surface area contributed by atoms with Gasteiger partial charge in [0, 0.05) is 19.8 Å². The van der Waals surface area contributed by atoms with E-state index in [1.54, 1.807) is 0 Å². The van der Waals surface area contributed by atoms with E-state index in [9.17, 15) is 4.79 Å². The van der Waals surface area contributed by atoms with E-state index in [1.165, 1.54) is 0 Å². The zero-order valence-corrected chi connectivity index (χ0v) is 14.3. The number of ether oxygens (including phenoxy) is 3. The summed E-state index contributed by atoms with van der Waals surface area (Å²) in [6.07, 6.45) is 2.33. The van der Waals surface area contributed by atoms with Gasteiger partial charge in [0.15, 0.2) is 11.5 Å². The highest BCUT2D eigenvalue weighted by Crippen LogP contribution is 2.38. The summed E-state index contributed by atoms with van der Waals surface area (Å²) in [7, 11) is 0. The minimum atomic E-state index is -0.474. The molecule has 1 aromatic carbocycles. The average molecular weight is 355 g/mol. The lowest BCUT2D eigenvalue weighted by atomic mass is 9.92. The lowest BCUT2D eigenvalue weighted by Crippen LogP contribution is -2.47. The number of halogens is 1. The van der Waals surface area contributed by atoms with E-state index in [0.717, 1.165) is 18.4 Å². The van der Waals surface area contributed by atoms with Gasteiger partial charge in [-0.15, -0.1) is 0 Å². The predicted octanol–water partition coefficient (Wildman–Crippen LogP) is 1.52. The van der Waals surface area contributed by atoms with Gasteiger partial charge < -0.3 is 25.3 Å². The fourth-order valence-electron chi connectivity index (χ4n) is 3.05. The molecule has 1 aromatic rings. The molecule has 2 aliphatic heterocycles. The van der Waals surface area contributed by atoms with Crippen molar-refractivity contribution in [1.29, 1.82) is 0 Å². The van der Waals surface area contributed by atoms with Crippen molar-refractivity contribution in [3.05, 3.63) is 22.7 Å². The zero-order valence-electron chi connectivity index (χ0n) is 13.6. The predicted molar refractivity (Wildman–Crippen MR) is 90.7 cm³/mol. The van der Waals surface area contributed by atoms with Crippen LogP contribution in [0.3, 0.4) is 0 Å². The highest BCUT2D eigenvalue weighted by molar-refractivity contribution is 6.32. The summed E-state index contributed by atoms with van der Waals surface area (Å²) in [4.78, 5) is 12.2. The number of amides is 1. The molecule has 1 saturated heterocycles. The Morgan fingerprint density at radius 1 is 1.25 bits per heavy atom. The van der Waals surface area contributed by atoms with Crippen molar-refractivity contribution in [2.24, 2.45) is 11.7 Å². The Balaban J connectivity index is 1.50. The van der Waals surface area contributed by atoms with Crippen LogP contribution in [0.5, 0.6) is 11.5 Å². The summed E-state index contributed by atoms with van der Waals surface area (Å²) in [5.74, 6) is 1.35. The van der Waals surface area contributed by atoms with E-state index in [4.69, 9.17) is 31.5 Å². The maximum absolute atomic E-state index is 12.2. The molecule has 1 fully saturated rings. The van der Waals surface area contributed by atoms with E-state index < -0.39 is 6.04 Å². The molecule has 132 valence electrons. The SMILES string of the molecule is NC(C(=O)NCCc1cc(Cl)c2c(c1)OCCO2)C1CCOCC1. The molecule has 3 N–H and O–H groups in total. The molecule has 0 spiro atoms. The van der Waals surface area contributed by atoms with Gasteiger partial charge in [0.05, 0.1) is 11.1 Å². The van der Waals surface area contributed by atoms with Gasteiger partial charge in [-0.3, -0.25) is 4.79 Å². The topological polar surface area (TPSA) is 82.8 Å². The van der Waals surface area contributed by atoms with Gasteiger partial charge >= 0.3 is 0 Å². The summed E-state index contributed by atoms with van der Waals surface area (Å²) >= 11 is 6.22. The maximum atomic E-state index is 12.2. The minimum absolute atomic E-state index is 0.106. The molecule has 1 atom stereocenters. The number of carbonyl (C=O) groups excluding carboxylic acids is 1. The molecule has 0 saturated carbocycles. The average Bonchev–Trinajstić information content (AvgIpc) is 2.62. The number of fused-ring (bicyclic) bond motifs is 1. The van der Waals surface area contributed by atoms with Crippen LogP contribution in [-0.4, -0.2) is 44.9 Å². The maximum Gasteiger partial charge on any atom is 0.237 e. The van der Waals surface area contributed by atoms with Crippen molar-refractivity contribution >= 4 is 17.5 Å². The van der Waals surface area contributed by atoms with Crippen molar-refractivity contribution < 1.29 is 19.0 Å². The molecule has 0 bridgehead atoms. The molecular weight excluding hydrogens is 332 g/mol. The Hall–Kier alpha value is -1.50.